The van der Waals surface area contributed by atoms with Crippen molar-refractivity contribution in [2.75, 3.05) is 26.2 Å². The number of aromatic hydroxyl groups is 1. The van der Waals surface area contributed by atoms with Crippen LogP contribution >= 0.6 is 0 Å². The molecule has 0 radical (unpaired) electrons. The zero-order valence-corrected chi connectivity index (χ0v) is 9.76. The molecule has 4 heteroatoms. The first kappa shape index (κ1) is 11.9. The number of benzene rings is 1. The molecule has 1 N–H and O–H groups in total. The zero-order valence-electron chi connectivity index (χ0n) is 9.76. The van der Waals surface area contributed by atoms with Crippen LogP contribution in [-0.2, 0) is 0 Å². The first-order chi connectivity index (χ1) is 8.29. The largest absolute Gasteiger partial charge is 0.504 e. The van der Waals surface area contributed by atoms with Gasteiger partial charge in [-0.05, 0) is 44.1 Å². The first-order valence-electron chi connectivity index (χ1n) is 5.93. The lowest BCUT2D eigenvalue weighted by molar-refractivity contribution is 0.112. The van der Waals surface area contributed by atoms with Gasteiger partial charge >= 0.3 is 0 Å². The minimum Gasteiger partial charge on any atom is -0.504 e. The van der Waals surface area contributed by atoms with Gasteiger partial charge < -0.3 is 9.84 Å². The molecule has 92 valence electrons. The van der Waals surface area contributed by atoms with E-state index in [0.717, 1.165) is 19.6 Å². The SMILES string of the molecule is O=Cc1ccc(OCCN2CCCC2)c(O)c1. The molecule has 0 unspecified atom stereocenters. The molecule has 1 aromatic carbocycles. The quantitative estimate of drug-likeness (QED) is 0.789. The average Bonchev–Trinajstić information content (AvgIpc) is 2.84. The molecule has 1 aromatic rings. The van der Waals surface area contributed by atoms with Gasteiger partial charge in [-0.2, -0.15) is 0 Å². The number of carbonyl (C=O) groups is 1. The van der Waals surface area contributed by atoms with Crippen molar-refractivity contribution in [3.8, 4) is 11.5 Å². The van der Waals surface area contributed by atoms with E-state index in [1.807, 2.05) is 0 Å². The van der Waals surface area contributed by atoms with Crippen molar-refractivity contribution in [2.24, 2.45) is 0 Å². The lowest BCUT2D eigenvalue weighted by Gasteiger charge is -2.15. The number of nitrogens with zero attached hydrogens (tertiary/aromatic N) is 1. The van der Waals surface area contributed by atoms with Crippen LogP contribution in [0.3, 0.4) is 0 Å². The molecule has 1 aliphatic rings. The Bertz CT molecular complexity index is 386. The predicted octanol–water partition coefficient (Wildman–Crippen LogP) is 1.68. The number of rotatable bonds is 5. The van der Waals surface area contributed by atoms with Crippen LogP contribution in [0, 0.1) is 0 Å². The molecule has 4 nitrogen and oxygen atoms in total. The molecule has 1 heterocycles. The maximum absolute atomic E-state index is 10.5. The molecule has 1 fully saturated rings. The van der Waals surface area contributed by atoms with Crippen LogP contribution < -0.4 is 4.74 Å². The first-order valence-corrected chi connectivity index (χ1v) is 5.93. The van der Waals surface area contributed by atoms with Gasteiger partial charge in [-0.1, -0.05) is 0 Å². The molecular weight excluding hydrogens is 218 g/mol. The second kappa shape index (κ2) is 5.68. The highest BCUT2D eigenvalue weighted by Gasteiger charge is 2.11. The molecule has 0 spiro atoms. The Morgan fingerprint density at radius 1 is 1.35 bits per heavy atom. The summed E-state index contributed by atoms with van der Waals surface area (Å²) in [6.07, 6.45) is 3.23. The molecule has 0 saturated carbocycles. The summed E-state index contributed by atoms with van der Waals surface area (Å²) in [5.41, 5.74) is 0.453. The van der Waals surface area contributed by atoms with Crippen molar-refractivity contribution in [3.63, 3.8) is 0 Å². The molecule has 1 aliphatic heterocycles. The lowest BCUT2D eigenvalue weighted by atomic mass is 10.2. The summed E-state index contributed by atoms with van der Waals surface area (Å²) in [5, 5.41) is 9.62. The third-order valence-electron chi connectivity index (χ3n) is 2.98. The number of likely N-dealkylation sites (tertiary alicyclic amines) is 1. The van der Waals surface area contributed by atoms with Crippen molar-refractivity contribution in [1.82, 2.24) is 4.90 Å². The highest BCUT2D eigenvalue weighted by molar-refractivity contribution is 5.76. The van der Waals surface area contributed by atoms with E-state index >= 15 is 0 Å². The monoisotopic (exact) mass is 235 g/mol. The maximum Gasteiger partial charge on any atom is 0.161 e. The normalized spacial score (nSPS) is 16.0. The number of carbonyl (C=O) groups excluding carboxylic acids is 1. The van der Waals surface area contributed by atoms with E-state index in [1.165, 1.54) is 18.9 Å². The summed E-state index contributed by atoms with van der Waals surface area (Å²) in [5.74, 6) is 0.464. The fourth-order valence-electron chi connectivity index (χ4n) is 2.02. The molecule has 0 aliphatic carbocycles. The van der Waals surface area contributed by atoms with Crippen LogP contribution in [0.1, 0.15) is 23.2 Å². The summed E-state index contributed by atoms with van der Waals surface area (Å²) >= 11 is 0. The van der Waals surface area contributed by atoms with Gasteiger partial charge in [0.15, 0.2) is 11.5 Å². The van der Waals surface area contributed by atoms with E-state index in [2.05, 4.69) is 4.90 Å². The van der Waals surface area contributed by atoms with Crippen molar-refractivity contribution in [1.29, 1.82) is 0 Å². The van der Waals surface area contributed by atoms with Crippen molar-refractivity contribution >= 4 is 6.29 Å². The van der Waals surface area contributed by atoms with Crippen molar-refractivity contribution in [3.05, 3.63) is 23.8 Å². The van der Waals surface area contributed by atoms with Crippen molar-refractivity contribution < 1.29 is 14.6 Å². The molecule has 0 atom stereocenters. The number of ether oxygens (including phenoxy) is 1. The Kier molecular flexibility index (Phi) is 3.98. The van der Waals surface area contributed by atoms with Gasteiger partial charge in [0.2, 0.25) is 0 Å². The number of phenolic OH excluding ortho intramolecular Hbond substituents is 1. The van der Waals surface area contributed by atoms with Gasteiger partial charge in [-0.15, -0.1) is 0 Å². The van der Waals surface area contributed by atoms with E-state index < -0.39 is 0 Å². The Morgan fingerprint density at radius 2 is 2.12 bits per heavy atom. The van der Waals surface area contributed by atoms with Crippen LogP contribution in [-0.4, -0.2) is 42.5 Å². The van der Waals surface area contributed by atoms with Crippen LogP contribution in [0.5, 0.6) is 11.5 Å². The fourth-order valence-corrected chi connectivity index (χ4v) is 2.02. The smallest absolute Gasteiger partial charge is 0.161 e. The molecule has 0 aromatic heterocycles. The van der Waals surface area contributed by atoms with E-state index in [4.69, 9.17) is 4.74 Å². The Hall–Kier alpha value is -1.55. The van der Waals surface area contributed by atoms with E-state index in [0.29, 0.717) is 24.2 Å². The Balaban J connectivity index is 1.83. The van der Waals surface area contributed by atoms with Gasteiger partial charge in [-0.3, -0.25) is 9.69 Å². The Labute approximate surface area is 101 Å². The van der Waals surface area contributed by atoms with Crippen molar-refractivity contribution in [2.45, 2.75) is 12.8 Å². The highest BCUT2D eigenvalue weighted by Crippen LogP contribution is 2.26. The number of aldehydes is 1. The highest BCUT2D eigenvalue weighted by atomic mass is 16.5. The van der Waals surface area contributed by atoms with E-state index in [-0.39, 0.29) is 5.75 Å². The minimum atomic E-state index is 0.0241. The van der Waals surface area contributed by atoms with Crippen LogP contribution in [0.2, 0.25) is 0 Å². The third kappa shape index (κ3) is 3.20. The summed E-state index contributed by atoms with van der Waals surface area (Å²) in [7, 11) is 0. The number of hydrogen-bond acceptors (Lipinski definition) is 4. The summed E-state index contributed by atoms with van der Waals surface area (Å²) in [6, 6.07) is 4.68. The average molecular weight is 235 g/mol. The fraction of sp³-hybridized carbons (Fsp3) is 0.462. The predicted molar refractivity (Wildman–Crippen MR) is 64.7 cm³/mol. The molecule has 17 heavy (non-hydrogen) atoms. The number of hydrogen-bond donors (Lipinski definition) is 1. The van der Waals surface area contributed by atoms with Gasteiger partial charge in [0.25, 0.3) is 0 Å². The molecule has 0 amide bonds. The van der Waals surface area contributed by atoms with Gasteiger partial charge in [0.1, 0.15) is 12.9 Å². The minimum absolute atomic E-state index is 0.0241. The van der Waals surface area contributed by atoms with Gasteiger partial charge in [0, 0.05) is 12.1 Å². The van der Waals surface area contributed by atoms with Crippen LogP contribution in [0.15, 0.2) is 18.2 Å². The standard InChI is InChI=1S/C13H17NO3/c15-10-11-3-4-13(12(16)9-11)17-8-7-14-5-1-2-6-14/h3-4,9-10,16H,1-2,5-8H2. The number of phenols is 1. The summed E-state index contributed by atoms with van der Waals surface area (Å²) in [4.78, 5) is 12.8. The van der Waals surface area contributed by atoms with Gasteiger partial charge in [-0.25, -0.2) is 0 Å². The Morgan fingerprint density at radius 3 is 2.76 bits per heavy atom. The van der Waals surface area contributed by atoms with Crippen LogP contribution in [0.4, 0.5) is 0 Å². The summed E-state index contributed by atoms with van der Waals surface area (Å²) in [6.45, 7) is 3.72. The topological polar surface area (TPSA) is 49.8 Å². The lowest BCUT2D eigenvalue weighted by Crippen LogP contribution is -2.25. The van der Waals surface area contributed by atoms with Crippen LogP contribution in [0.25, 0.3) is 0 Å². The molecular formula is C13H17NO3. The summed E-state index contributed by atoms with van der Waals surface area (Å²) < 4.78 is 5.49. The van der Waals surface area contributed by atoms with E-state index in [1.54, 1.807) is 12.1 Å². The second-order valence-electron chi connectivity index (χ2n) is 4.24. The molecule has 0 bridgehead atoms. The maximum atomic E-state index is 10.5. The second-order valence-corrected chi connectivity index (χ2v) is 4.24. The van der Waals surface area contributed by atoms with Gasteiger partial charge in [0.05, 0.1) is 0 Å². The zero-order chi connectivity index (χ0) is 12.1. The molecule has 1 saturated heterocycles. The molecule has 2 rings (SSSR count). The van der Waals surface area contributed by atoms with E-state index in [9.17, 15) is 9.90 Å². The third-order valence-corrected chi connectivity index (χ3v) is 2.98.